The van der Waals surface area contributed by atoms with E-state index in [1.54, 1.807) is 42.7 Å². The van der Waals surface area contributed by atoms with Crippen LogP contribution < -0.4 is 20.3 Å². The maximum absolute atomic E-state index is 12.1. The van der Waals surface area contributed by atoms with Gasteiger partial charge in [0.2, 0.25) is 16.0 Å². The molecule has 1 amide bonds. The van der Waals surface area contributed by atoms with Crippen molar-refractivity contribution < 1.29 is 17.9 Å². The maximum Gasteiger partial charge on any atom is 0.269 e. The molecule has 0 unspecified atom stereocenters. The summed E-state index contributed by atoms with van der Waals surface area (Å²) in [4.78, 5) is 27.6. The fourth-order valence-electron chi connectivity index (χ4n) is 5.19. The number of benzene rings is 1. The molecule has 13 heteroatoms. The van der Waals surface area contributed by atoms with E-state index < -0.39 is 15.6 Å². The molecule has 3 aromatic rings. The minimum atomic E-state index is -3.20. The van der Waals surface area contributed by atoms with Crippen LogP contribution in [-0.4, -0.2) is 70.6 Å². The van der Waals surface area contributed by atoms with E-state index >= 15 is 0 Å². The van der Waals surface area contributed by atoms with Gasteiger partial charge in [0.05, 0.1) is 22.7 Å². The highest BCUT2D eigenvalue weighted by Gasteiger charge is 2.47. The number of piperazine rings is 1. The van der Waals surface area contributed by atoms with Gasteiger partial charge in [-0.3, -0.25) is 4.79 Å². The summed E-state index contributed by atoms with van der Waals surface area (Å²) in [6.07, 6.45) is 5.32. The number of hydrogen-bond donors (Lipinski definition) is 2. The van der Waals surface area contributed by atoms with Crippen LogP contribution in [0.1, 0.15) is 20.3 Å². The second-order valence-corrected chi connectivity index (χ2v) is 12.6. The Kier molecular flexibility index (Phi) is 5.74. The highest BCUT2D eigenvalue weighted by molar-refractivity contribution is 7.88. The first kappa shape index (κ1) is 24.8. The zero-order valence-electron chi connectivity index (χ0n) is 21.0. The van der Waals surface area contributed by atoms with Crippen LogP contribution in [0, 0.1) is 0 Å². The van der Waals surface area contributed by atoms with Gasteiger partial charge in [-0.25, -0.2) is 23.4 Å². The molecule has 6 rings (SSSR count). The number of halogens is 1. The summed E-state index contributed by atoms with van der Waals surface area (Å²) >= 11 is 6.66. The van der Waals surface area contributed by atoms with Gasteiger partial charge in [0, 0.05) is 48.8 Å². The number of ether oxygens (including phenoxy) is 1. The zero-order valence-corrected chi connectivity index (χ0v) is 22.5. The van der Waals surface area contributed by atoms with Crippen LogP contribution in [0.5, 0.6) is 5.75 Å². The van der Waals surface area contributed by atoms with Gasteiger partial charge in [0.25, 0.3) is 5.91 Å². The smallest absolute Gasteiger partial charge is 0.269 e. The minimum Gasteiger partial charge on any atom is -0.474 e. The van der Waals surface area contributed by atoms with Crippen molar-refractivity contribution in [2.24, 2.45) is 0 Å². The average molecular weight is 556 g/mol. The first-order valence-electron chi connectivity index (χ1n) is 12.1. The fourth-order valence-corrected chi connectivity index (χ4v) is 6.62. The van der Waals surface area contributed by atoms with Crippen molar-refractivity contribution in [2.45, 2.75) is 38.0 Å². The predicted molar refractivity (Wildman–Crippen MR) is 144 cm³/mol. The summed E-state index contributed by atoms with van der Waals surface area (Å²) in [5.74, 6) is 0.965. The van der Waals surface area contributed by atoms with Crippen molar-refractivity contribution >= 4 is 50.7 Å². The van der Waals surface area contributed by atoms with Crippen LogP contribution in [0.3, 0.4) is 0 Å². The van der Waals surface area contributed by atoms with Crippen molar-refractivity contribution in [3.05, 3.63) is 47.7 Å². The molecule has 0 saturated carbocycles. The second kappa shape index (κ2) is 8.79. The number of amides is 1. The van der Waals surface area contributed by atoms with E-state index in [4.69, 9.17) is 16.3 Å². The molecule has 0 spiro atoms. The van der Waals surface area contributed by atoms with Crippen molar-refractivity contribution in [2.75, 3.05) is 34.9 Å². The molecule has 38 heavy (non-hydrogen) atoms. The molecule has 5 heterocycles. The molecule has 3 aliphatic rings. The molecule has 3 aliphatic heterocycles. The summed E-state index contributed by atoms with van der Waals surface area (Å²) in [5, 5.41) is 6.51. The van der Waals surface area contributed by atoms with E-state index in [0.29, 0.717) is 46.9 Å². The van der Waals surface area contributed by atoms with Crippen LogP contribution in [0.4, 0.5) is 23.1 Å². The van der Waals surface area contributed by atoms with E-state index in [1.165, 1.54) is 6.26 Å². The van der Waals surface area contributed by atoms with Crippen LogP contribution in [0.15, 0.2) is 42.7 Å². The van der Waals surface area contributed by atoms with Gasteiger partial charge in [0.1, 0.15) is 0 Å². The normalized spacial score (nSPS) is 22.1. The Hall–Kier alpha value is -3.48. The predicted octanol–water partition coefficient (Wildman–Crippen LogP) is 3.27. The molecule has 2 bridgehead atoms. The second-order valence-electron chi connectivity index (χ2n) is 10.2. The highest BCUT2D eigenvalue weighted by atomic mass is 35.5. The number of aromatic nitrogens is 3. The Balaban J connectivity index is 1.19. The number of rotatable bonds is 5. The molecule has 2 saturated heterocycles. The maximum atomic E-state index is 12.1. The molecular weight excluding hydrogens is 530 g/mol. The number of pyridine rings is 1. The number of carbonyl (C=O) groups is 1. The molecule has 0 radical (unpaired) electrons. The summed E-state index contributed by atoms with van der Waals surface area (Å²) in [7, 11) is -3.20. The molecule has 2 fully saturated rings. The van der Waals surface area contributed by atoms with E-state index in [9.17, 15) is 13.2 Å². The Morgan fingerprint density at radius 1 is 1.16 bits per heavy atom. The topological polar surface area (TPSA) is 130 Å². The highest BCUT2D eigenvalue weighted by Crippen LogP contribution is 2.40. The number of fused-ring (bicyclic) bond motifs is 3. The van der Waals surface area contributed by atoms with E-state index in [-0.39, 0.29) is 18.0 Å². The molecule has 0 aliphatic carbocycles. The molecule has 198 valence electrons. The fraction of sp³-hybridized carbons (Fsp3) is 0.360. The molecule has 2 aromatic heterocycles. The number of sulfonamides is 1. The van der Waals surface area contributed by atoms with Gasteiger partial charge in [-0.15, -0.1) is 0 Å². The summed E-state index contributed by atoms with van der Waals surface area (Å²) in [6.45, 7) is 4.49. The summed E-state index contributed by atoms with van der Waals surface area (Å²) in [6, 6.07) is 9.28. The number of nitrogens with one attached hydrogen (secondary N) is 2. The lowest BCUT2D eigenvalue weighted by Crippen LogP contribution is -2.48. The van der Waals surface area contributed by atoms with Gasteiger partial charge in [-0.05, 0) is 50.6 Å². The molecule has 11 nitrogen and oxygen atoms in total. The van der Waals surface area contributed by atoms with Crippen LogP contribution in [-0.2, 0) is 14.8 Å². The van der Waals surface area contributed by atoms with Gasteiger partial charge in [0.15, 0.2) is 17.2 Å². The summed E-state index contributed by atoms with van der Waals surface area (Å²) < 4.78 is 31.4. The lowest BCUT2D eigenvalue weighted by atomic mass is 10.1. The number of carbonyl (C=O) groups excluding carboxylic acids is 1. The minimum absolute atomic E-state index is 0.0224. The number of hydrogen-bond acceptors (Lipinski definition) is 9. The Labute approximate surface area is 225 Å². The largest absolute Gasteiger partial charge is 0.474 e. The molecule has 1 aromatic carbocycles. The van der Waals surface area contributed by atoms with Crippen molar-refractivity contribution in [1.82, 2.24) is 19.3 Å². The van der Waals surface area contributed by atoms with Crippen LogP contribution in [0.25, 0.3) is 11.3 Å². The van der Waals surface area contributed by atoms with Gasteiger partial charge in [-0.2, -0.15) is 4.31 Å². The van der Waals surface area contributed by atoms with Crippen molar-refractivity contribution in [1.29, 1.82) is 0 Å². The van der Waals surface area contributed by atoms with Gasteiger partial charge >= 0.3 is 0 Å². The third-order valence-electron chi connectivity index (χ3n) is 7.08. The zero-order chi connectivity index (χ0) is 26.8. The first-order chi connectivity index (χ1) is 18.0. The molecule has 2 atom stereocenters. The van der Waals surface area contributed by atoms with Gasteiger partial charge in [-0.1, -0.05) is 11.6 Å². The third-order valence-corrected chi connectivity index (χ3v) is 8.68. The summed E-state index contributed by atoms with van der Waals surface area (Å²) in [5.41, 5.74) is 1.93. The SMILES string of the molecule is CC1(C)Oc2cc(-c3ccnc(Nc4ccc(N5C[C@@H]6C[C@H]5CN6S(C)(=O)=O)c(Cl)c4)n3)cnc2NC1=O. The quantitative estimate of drug-likeness (QED) is 0.487. The molecular formula is C25H26ClN7O4S. The lowest BCUT2D eigenvalue weighted by Gasteiger charge is -2.34. The Morgan fingerprint density at radius 2 is 1.97 bits per heavy atom. The van der Waals surface area contributed by atoms with E-state index in [1.807, 2.05) is 18.2 Å². The number of anilines is 4. The lowest BCUT2D eigenvalue weighted by molar-refractivity contribution is -0.129. The third kappa shape index (κ3) is 4.42. The number of nitrogens with zero attached hydrogens (tertiary/aromatic N) is 5. The van der Waals surface area contributed by atoms with Crippen molar-refractivity contribution in [3.63, 3.8) is 0 Å². The Morgan fingerprint density at radius 3 is 2.68 bits per heavy atom. The molecule has 2 N–H and O–H groups in total. The van der Waals surface area contributed by atoms with Gasteiger partial charge < -0.3 is 20.3 Å². The van der Waals surface area contributed by atoms with Crippen LogP contribution >= 0.6 is 11.6 Å². The first-order valence-corrected chi connectivity index (χ1v) is 14.3. The van der Waals surface area contributed by atoms with E-state index in [2.05, 4.69) is 30.5 Å². The monoisotopic (exact) mass is 555 g/mol. The van der Waals surface area contributed by atoms with Crippen LogP contribution in [0.2, 0.25) is 5.02 Å². The van der Waals surface area contributed by atoms with E-state index in [0.717, 1.165) is 17.8 Å². The standard InChI is InChI=1S/C25H26ClN7O4S/c1-25(2)23(34)31-22-21(37-25)8-14(11-28-22)19-6-7-27-24(30-19)29-15-4-5-20(18(26)9-15)32-12-17-10-16(32)13-33(17)38(3,35)36/h4-9,11,16-17H,10,12-13H2,1-3H3,(H,27,29,30)(H,28,31,34)/t16-,17-/m0/s1. The average Bonchev–Trinajstić information content (AvgIpc) is 3.46. The van der Waals surface area contributed by atoms with Crippen molar-refractivity contribution in [3.8, 4) is 17.0 Å². The Bertz CT molecular complexity index is 1570.